The quantitative estimate of drug-likeness (QED) is 0.621. The fourth-order valence-electron chi connectivity index (χ4n) is 1.54. The van der Waals surface area contributed by atoms with Gasteiger partial charge in [-0.1, -0.05) is 0 Å². The number of ketones is 1. The standard InChI is InChI=1S/C10H16N2O/c1-7(13)9-6-11-8(2)12(9)10(3,4)5/h6H,1-5H3. The Morgan fingerprint density at radius 1 is 1.46 bits per heavy atom. The summed E-state index contributed by atoms with van der Waals surface area (Å²) < 4.78 is 1.97. The second-order valence-corrected chi connectivity index (χ2v) is 4.25. The van der Waals surface area contributed by atoms with Crippen molar-refractivity contribution in [3.05, 3.63) is 17.7 Å². The van der Waals surface area contributed by atoms with E-state index in [4.69, 9.17) is 0 Å². The summed E-state index contributed by atoms with van der Waals surface area (Å²) >= 11 is 0. The molecule has 0 aromatic carbocycles. The Kier molecular flexibility index (Phi) is 2.28. The summed E-state index contributed by atoms with van der Waals surface area (Å²) in [6.07, 6.45) is 1.64. The largest absolute Gasteiger partial charge is 0.320 e. The van der Waals surface area contributed by atoms with Gasteiger partial charge in [0.05, 0.1) is 6.20 Å². The van der Waals surface area contributed by atoms with Crippen molar-refractivity contribution in [3.63, 3.8) is 0 Å². The van der Waals surface area contributed by atoms with Crippen LogP contribution in [0.15, 0.2) is 6.20 Å². The predicted octanol–water partition coefficient (Wildman–Crippen LogP) is 2.15. The van der Waals surface area contributed by atoms with Crippen molar-refractivity contribution in [2.24, 2.45) is 0 Å². The Morgan fingerprint density at radius 3 is 2.31 bits per heavy atom. The fraction of sp³-hybridized carbons (Fsp3) is 0.600. The van der Waals surface area contributed by atoms with Gasteiger partial charge in [-0.3, -0.25) is 4.79 Å². The van der Waals surface area contributed by atoms with Crippen molar-refractivity contribution in [2.75, 3.05) is 0 Å². The highest BCUT2D eigenvalue weighted by atomic mass is 16.1. The second-order valence-electron chi connectivity index (χ2n) is 4.25. The van der Waals surface area contributed by atoms with Gasteiger partial charge in [0.15, 0.2) is 5.78 Å². The molecule has 0 N–H and O–H groups in total. The maximum Gasteiger partial charge on any atom is 0.177 e. The Balaban J connectivity index is 3.33. The highest BCUT2D eigenvalue weighted by Gasteiger charge is 2.21. The number of rotatable bonds is 1. The number of carbonyl (C=O) groups is 1. The van der Waals surface area contributed by atoms with Crippen LogP contribution in [0, 0.1) is 6.92 Å². The number of nitrogens with zero attached hydrogens (tertiary/aromatic N) is 2. The molecular weight excluding hydrogens is 164 g/mol. The first-order valence-corrected chi connectivity index (χ1v) is 4.40. The molecule has 1 heterocycles. The van der Waals surface area contributed by atoms with Crippen LogP contribution in [-0.4, -0.2) is 15.3 Å². The molecule has 0 amide bonds. The zero-order valence-corrected chi connectivity index (χ0v) is 8.88. The van der Waals surface area contributed by atoms with Crippen LogP contribution in [0.1, 0.15) is 44.0 Å². The Labute approximate surface area is 78.8 Å². The molecule has 0 unspecified atom stereocenters. The second kappa shape index (κ2) is 2.98. The van der Waals surface area contributed by atoms with Gasteiger partial charge in [-0.05, 0) is 27.7 Å². The SMILES string of the molecule is CC(=O)c1cnc(C)n1C(C)(C)C. The van der Waals surface area contributed by atoms with Gasteiger partial charge in [-0.25, -0.2) is 4.98 Å². The van der Waals surface area contributed by atoms with Crippen molar-refractivity contribution in [1.82, 2.24) is 9.55 Å². The molecule has 0 aliphatic carbocycles. The van der Waals surface area contributed by atoms with Crippen LogP contribution in [0.3, 0.4) is 0 Å². The lowest BCUT2D eigenvalue weighted by molar-refractivity contribution is 0.0998. The highest BCUT2D eigenvalue weighted by molar-refractivity contribution is 5.92. The number of carbonyl (C=O) groups excluding carboxylic acids is 1. The zero-order chi connectivity index (χ0) is 10.2. The van der Waals surface area contributed by atoms with Crippen LogP contribution in [0.25, 0.3) is 0 Å². The Bertz CT molecular complexity index is 331. The van der Waals surface area contributed by atoms with Crippen LogP contribution in [-0.2, 0) is 5.54 Å². The molecule has 3 nitrogen and oxygen atoms in total. The molecule has 72 valence electrons. The van der Waals surface area contributed by atoms with Crippen molar-refractivity contribution < 1.29 is 4.79 Å². The van der Waals surface area contributed by atoms with E-state index >= 15 is 0 Å². The van der Waals surface area contributed by atoms with E-state index in [0.29, 0.717) is 5.69 Å². The van der Waals surface area contributed by atoms with E-state index in [2.05, 4.69) is 25.8 Å². The van der Waals surface area contributed by atoms with E-state index in [0.717, 1.165) is 5.82 Å². The molecule has 0 atom stereocenters. The average molecular weight is 180 g/mol. The number of hydrogen-bond donors (Lipinski definition) is 0. The number of hydrogen-bond acceptors (Lipinski definition) is 2. The third-order valence-electron chi connectivity index (χ3n) is 1.97. The molecule has 1 aromatic heterocycles. The van der Waals surface area contributed by atoms with Crippen LogP contribution >= 0.6 is 0 Å². The van der Waals surface area contributed by atoms with E-state index in [1.54, 1.807) is 13.1 Å². The van der Waals surface area contributed by atoms with Crippen LogP contribution < -0.4 is 0 Å². The minimum atomic E-state index is -0.0818. The minimum Gasteiger partial charge on any atom is -0.320 e. The summed E-state index contributed by atoms with van der Waals surface area (Å²) in [5, 5.41) is 0. The van der Waals surface area contributed by atoms with Crippen molar-refractivity contribution in [1.29, 1.82) is 0 Å². The summed E-state index contributed by atoms with van der Waals surface area (Å²) in [5.74, 6) is 0.952. The number of imidazole rings is 1. The van der Waals surface area contributed by atoms with Gasteiger partial charge in [0.25, 0.3) is 0 Å². The predicted molar refractivity (Wildman–Crippen MR) is 52.0 cm³/mol. The summed E-state index contributed by atoms with van der Waals surface area (Å²) in [4.78, 5) is 15.4. The molecule has 3 heteroatoms. The summed E-state index contributed by atoms with van der Waals surface area (Å²) in [6, 6.07) is 0. The molecule has 0 saturated carbocycles. The van der Waals surface area contributed by atoms with Gasteiger partial charge in [0.2, 0.25) is 0 Å². The summed E-state index contributed by atoms with van der Waals surface area (Å²) in [5.41, 5.74) is 0.603. The van der Waals surface area contributed by atoms with Gasteiger partial charge in [0, 0.05) is 12.5 Å². The molecule has 0 aliphatic heterocycles. The van der Waals surface area contributed by atoms with Gasteiger partial charge in [0.1, 0.15) is 11.5 Å². The molecule has 0 bridgehead atoms. The molecule has 0 aliphatic rings. The smallest absolute Gasteiger partial charge is 0.177 e. The third-order valence-corrected chi connectivity index (χ3v) is 1.97. The topological polar surface area (TPSA) is 34.9 Å². The lowest BCUT2D eigenvalue weighted by Gasteiger charge is -2.24. The maximum absolute atomic E-state index is 11.3. The van der Waals surface area contributed by atoms with E-state index in [1.165, 1.54) is 0 Å². The van der Waals surface area contributed by atoms with Crippen molar-refractivity contribution >= 4 is 5.78 Å². The van der Waals surface area contributed by atoms with Crippen LogP contribution in [0.4, 0.5) is 0 Å². The Morgan fingerprint density at radius 2 is 2.00 bits per heavy atom. The first kappa shape index (κ1) is 9.96. The number of aryl methyl sites for hydroxylation is 1. The monoisotopic (exact) mass is 180 g/mol. The van der Waals surface area contributed by atoms with Gasteiger partial charge in [-0.15, -0.1) is 0 Å². The molecule has 0 radical (unpaired) electrons. The normalized spacial score (nSPS) is 11.8. The molecule has 0 saturated heterocycles. The van der Waals surface area contributed by atoms with Crippen molar-refractivity contribution in [2.45, 2.75) is 40.2 Å². The first-order chi connectivity index (χ1) is 5.84. The zero-order valence-electron chi connectivity index (χ0n) is 8.88. The third kappa shape index (κ3) is 1.79. The molecular formula is C10H16N2O. The summed E-state index contributed by atoms with van der Waals surface area (Å²) in [7, 11) is 0. The summed E-state index contributed by atoms with van der Waals surface area (Å²) in [6.45, 7) is 9.67. The molecule has 1 aromatic rings. The van der Waals surface area contributed by atoms with Gasteiger partial charge < -0.3 is 4.57 Å². The van der Waals surface area contributed by atoms with Gasteiger partial charge in [-0.2, -0.15) is 0 Å². The minimum absolute atomic E-state index is 0.0653. The van der Waals surface area contributed by atoms with E-state index in [1.807, 2.05) is 11.5 Å². The fourth-order valence-corrected chi connectivity index (χ4v) is 1.54. The highest BCUT2D eigenvalue weighted by Crippen LogP contribution is 2.19. The van der Waals surface area contributed by atoms with Crippen molar-refractivity contribution in [3.8, 4) is 0 Å². The lowest BCUT2D eigenvalue weighted by Crippen LogP contribution is -2.26. The Hall–Kier alpha value is -1.12. The van der Waals surface area contributed by atoms with Crippen LogP contribution in [0.2, 0.25) is 0 Å². The lowest BCUT2D eigenvalue weighted by atomic mass is 10.1. The van der Waals surface area contributed by atoms with E-state index < -0.39 is 0 Å². The van der Waals surface area contributed by atoms with E-state index in [9.17, 15) is 4.79 Å². The molecule has 0 spiro atoms. The van der Waals surface area contributed by atoms with Crippen LogP contribution in [0.5, 0.6) is 0 Å². The average Bonchev–Trinajstić information content (AvgIpc) is 2.28. The molecule has 0 fully saturated rings. The maximum atomic E-state index is 11.3. The first-order valence-electron chi connectivity index (χ1n) is 4.40. The number of aromatic nitrogens is 2. The number of Topliss-reactive ketones (excluding diaryl/α,β-unsaturated/α-hetero) is 1. The molecule has 13 heavy (non-hydrogen) atoms. The molecule has 1 rings (SSSR count). The van der Waals surface area contributed by atoms with Gasteiger partial charge >= 0.3 is 0 Å². The van der Waals surface area contributed by atoms with E-state index in [-0.39, 0.29) is 11.3 Å².